The summed E-state index contributed by atoms with van der Waals surface area (Å²) in [4.78, 5) is 11.5. The molecule has 1 unspecified atom stereocenters. The molecule has 2 amide bonds. The summed E-state index contributed by atoms with van der Waals surface area (Å²) in [5.74, 6) is 0.00127. The minimum absolute atomic E-state index is 0.00127. The first-order chi connectivity index (χ1) is 9.20. The molecule has 0 fully saturated rings. The summed E-state index contributed by atoms with van der Waals surface area (Å²) < 4.78 is 37.0. The number of amides is 2. The fourth-order valence-electron chi connectivity index (χ4n) is 1.35. The predicted molar refractivity (Wildman–Crippen MR) is 69.3 cm³/mol. The molecule has 1 aromatic carbocycles. The van der Waals surface area contributed by atoms with Crippen LogP contribution in [0.4, 0.5) is 23.7 Å². The Morgan fingerprint density at radius 2 is 1.80 bits per heavy atom. The number of aliphatic hydroxyl groups is 1. The smallest absolute Gasteiger partial charge is 0.391 e. The van der Waals surface area contributed by atoms with Gasteiger partial charge in [-0.2, -0.15) is 13.2 Å². The minimum Gasteiger partial charge on any atom is -0.391 e. The first kappa shape index (κ1) is 16.3. The molecule has 3 N–H and O–H groups in total. The van der Waals surface area contributed by atoms with Crippen molar-refractivity contribution in [2.24, 2.45) is 5.92 Å². The van der Waals surface area contributed by atoms with Crippen LogP contribution in [0.15, 0.2) is 24.3 Å². The Bertz CT molecular complexity index is 444. The number of carbonyl (C=O) groups is 1. The van der Waals surface area contributed by atoms with E-state index in [0.29, 0.717) is 0 Å². The second-order valence-electron chi connectivity index (χ2n) is 4.72. The van der Waals surface area contributed by atoms with E-state index in [1.165, 1.54) is 12.1 Å². The van der Waals surface area contributed by atoms with Gasteiger partial charge in [0, 0.05) is 12.2 Å². The van der Waals surface area contributed by atoms with Crippen molar-refractivity contribution >= 4 is 11.7 Å². The van der Waals surface area contributed by atoms with Crippen molar-refractivity contribution in [3.63, 3.8) is 0 Å². The molecule has 20 heavy (non-hydrogen) atoms. The predicted octanol–water partition coefficient (Wildman–Crippen LogP) is 2.84. The monoisotopic (exact) mass is 290 g/mol. The SMILES string of the molecule is CC(C)C(O)CNC(=O)Nc1ccc(C(F)(F)F)cc1. The van der Waals surface area contributed by atoms with Crippen molar-refractivity contribution in [3.8, 4) is 0 Å². The third-order valence-corrected chi connectivity index (χ3v) is 2.71. The largest absolute Gasteiger partial charge is 0.416 e. The van der Waals surface area contributed by atoms with Gasteiger partial charge in [0.2, 0.25) is 0 Å². The van der Waals surface area contributed by atoms with E-state index in [1.807, 2.05) is 0 Å². The van der Waals surface area contributed by atoms with Crippen LogP contribution < -0.4 is 10.6 Å². The van der Waals surface area contributed by atoms with Gasteiger partial charge in [-0.15, -0.1) is 0 Å². The number of aliphatic hydroxyl groups excluding tert-OH is 1. The Labute approximate surface area is 115 Å². The lowest BCUT2D eigenvalue weighted by molar-refractivity contribution is -0.137. The van der Waals surface area contributed by atoms with E-state index in [0.717, 1.165) is 12.1 Å². The maximum atomic E-state index is 12.3. The molecule has 0 radical (unpaired) electrons. The zero-order valence-electron chi connectivity index (χ0n) is 11.2. The average molecular weight is 290 g/mol. The molecule has 0 heterocycles. The second-order valence-corrected chi connectivity index (χ2v) is 4.72. The fourth-order valence-corrected chi connectivity index (χ4v) is 1.35. The highest BCUT2D eigenvalue weighted by atomic mass is 19.4. The molecule has 1 aromatic rings. The lowest BCUT2D eigenvalue weighted by Gasteiger charge is -2.15. The third kappa shape index (κ3) is 5.08. The van der Waals surface area contributed by atoms with Crippen LogP contribution in [0.3, 0.4) is 0 Å². The van der Waals surface area contributed by atoms with Gasteiger partial charge in [0.25, 0.3) is 0 Å². The molecular weight excluding hydrogens is 273 g/mol. The Morgan fingerprint density at radius 3 is 2.25 bits per heavy atom. The molecule has 0 bridgehead atoms. The summed E-state index contributed by atoms with van der Waals surface area (Å²) in [7, 11) is 0. The third-order valence-electron chi connectivity index (χ3n) is 2.71. The quantitative estimate of drug-likeness (QED) is 0.798. The number of benzene rings is 1. The first-order valence-electron chi connectivity index (χ1n) is 6.10. The van der Waals surface area contributed by atoms with Gasteiger partial charge in [-0.05, 0) is 30.2 Å². The molecule has 0 spiro atoms. The van der Waals surface area contributed by atoms with E-state index < -0.39 is 23.9 Å². The molecule has 0 aliphatic carbocycles. The van der Waals surface area contributed by atoms with Crippen LogP contribution in [0.2, 0.25) is 0 Å². The molecule has 0 aliphatic rings. The summed E-state index contributed by atoms with van der Waals surface area (Å²) in [5.41, 5.74) is -0.534. The van der Waals surface area contributed by atoms with Gasteiger partial charge in [-0.3, -0.25) is 0 Å². The van der Waals surface area contributed by atoms with Gasteiger partial charge in [-0.1, -0.05) is 13.8 Å². The van der Waals surface area contributed by atoms with Gasteiger partial charge in [0.15, 0.2) is 0 Å². The number of hydrogen-bond acceptors (Lipinski definition) is 2. The zero-order valence-corrected chi connectivity index (χ0v) is 11.2. The zero-order chi connectivity index (χ0) is 15.3. The number of halogens is 3. The maximum Gasteiger partial charge on any atom is 0.416 e. The molecule has 1 atom stereocenters. The van der Waals surface area contributed by atoms with Gasteiger partial charge in [-0.25, -0.2) is 4.79 Å². The molecule has 4 nitrogen and oxygen atoms in total. The number of urea groups is 1. The van der Waals surface area contributed by atoms with Gasteiger partial charge >= 0.3 is 12.2 Å². The van der Waals surface area contributed by atoms with Crippen LogP contribution >= 0.6 is 0 Å². The number of rotatable bonds is 4. The lowest BCUT2D eigenvalue weighted by Crippen LogP contribution is -2.37. The van der Waals surface area contributed by atoms with Crippen LogP contribution in [-0.2, 0) is 6.18 Å². The van der Waals surface area contributed by atoms with E-state index in [2.05, 4.69) is 10.6 Å². The van der Waals surface area contributed by atoms with Gasteiger partial charge in [0.1, 0.15) is 0 Å². The standard InChI is InChI=1S/C13H17F3N2O2/c1-8(2)11(19)7-17-12(20)18-10-5-3-9(4-6-10)13(14,15)16/h3-6,8,11,19H,7H2,1-2H3,(H2,17,18,20). The Kier molecular flexibility index (Phi) is 5.38. The van der Waals surface area contributed by atoms with Crippen LogP contribution in [0.25, 0.3) is 0 Å². The molecular formula is C13H17F3N2O2. The average Bonchev–Trinajstić information content (AvgIpc) is 2.35. The van der Waals surface area contributed by atoms with E-state index in [4.69, 9.17) is 0 Å². The van der Waals surface area contributed by atoms with Crippen LogP contribution in [-0.4, -0.2) is 23.8 Å². The fraction of sp³-hybridized carbons (Fsp3) is 0.462. The van der Waals surface area contributed by atoms with E-state index in [-0.39, 0.29) is 18.2 Å². The van der Waals surface area contributed by atoms with Gasteiger partial charge < -0.3 is 15.7 Å². The van der Waals surface area contributed by atoms with Crippen molar-refractivity contribution in [1.82, 2.24) is 5.32 Å². The summed E-state index contributed by atoms with van der Waals surface area (Å²) >= 11 is 0. The number of hydrogen-bond donors (Lipinski definition) is 3. The summed E-state index contributed by atoms with van der Waals surface area (Å²) in [6.07, 6.45) is -5.07. The Morgan fingerprint density at radius 1 is 1.25 bits per heavy atom. The highest BCUT2D eigenvalue weighted by molar-refractivity contribution is 5.89. The molecule has 112 valence electrons. The molecule has 0 saturated heterocycles. The number of alkyl halides is 3. The molecule has 0 aromatic heterocycles. The van der Waals surface area contributed by atoms with Crippen molar-refractivity contribution in [3.05, 3.63) is 29.8 Å². The Balaban J connectivity index is 2.51. The molecule has 0 saturated carbocycles. The van der Waals surface area contributed by atoms with Crippen LogP contribution in [0.5, 0.6) is 0 Å². The van der Waals surface area contributed by atoms with Crippen LogP contribution in [0, 0.1) is 5.92 Å². The van der Waals surface area contributed by atoms with Crippen molar-refractivity contribution in [2.75, 3.05) is 11.9 Å². The number of nitrogens with one attached hydrogen (secondary N) is 2. The maximum absolute atomic E-state index is 12.3. The van der Waals surface area contributed by atoms with Gasteiger partial charge in [0.05, 0.1) is 11.7 Å². The van der Waals surface area contributed by atoms with Crippen molar-refractivity contribution < 1.29 is 23.1 Å². The summed E-state index contributed by atoms with van der Waals surface area (Å²) in [6.45, 7) is 3.68. The lowest BCUT2D eigenvalue weighted by atomic mass is 10.1. The second kappa shape index (κ2) is 6.60. The summed E-state index contributed by atoms with van der Waals surface area (Å²) in [5, 5.41) is 14.3. The van der Waals surface area contributed by atoms with E-state index in [1.54, 1.807) is 13.8 Å². The van der Waals surface area contributed by atoms with Crippen molar-refractivity contribution in [1.29, 1.82) is 0 Å². The normalized spacial score (nSPS) is 13.2. The number of anilines is 1. The van der Waals surface area contributed by atoms with E-state index in [9.17, 15) is 23.1 Å². The Hall–Kier alpha value is -1.76. The van der Waals surface area contributed by atoms with E-state index >= 15 is 0 Å². The molecule has 1 rings (SSSR count). The highest BCUT2D eigenvalue weighted by Gasteiger charge is 2.29. The number of carbonyl (C=O) groups excluding carboxylic acids is 1. The topological polar surface area (TPSA) is 61.4 Å². The first-order valence-corrected chi connectivity index (χ1v) is 6.10. The highest BCUT2D eigenvalue weighted by Crippen LogP contribution is 2.29. The minimum atomic E-state index is -4.40. The van der Waals surface area contributed by atoms with Crippen molar-refractivity contribution in [2.45, 2.75) is 26.1 Å². The molecule has 0 aliphatic heterocycles. The van der Waals surface area contributed by atoms with Crippen LogP contribution in [0.1, 0.15) is 19.4 Å². The molecule has 7 heteroatoms. The summed E-state index contributed by atoms with van der Waals surface area (Å²) in [6, 6.07) is 3.53.